The lowest BCUT2D eigenvalue weighted by Crippen LogP contribution is -1.96. The third kappa shape index (κ3) is 10.2. The number of unbranched alkanes of at least 4 members (excludes halogenated alkanes) is 2. The van der Waals surface area contributed by atoms with Gasteiger partial charge in [0.15, 0.2) is 0 Å². The predicted octanol–water partition coefficient (Wildman–Crippen LogP) is 3.06. The molecule has 0 aliphatic carbocycles. The van der Waals surface area contributed by atoms with Crippen LogP contribution >= 0.6 is 0 Å². The quantitative estimate of drug-likeness (QED) is 0.462. The summed E-state index contributed by atoms with van der Waals surface area (Å²) in [4.78, 5) is 11.3. The fourth-order valence-corrected chi connectivity index (χ4v) is 1.23. The van der Waals surface area contributed by atoms with Gasteiger partial charge in [-0.1, -0.05) is 12.2 Å². The second-order valence-corrected chi connectivity index (χ2v) is 3.39. The van der Waals surface area contributed by atoms with Gasteiger partial charge >= 0.3 is 0 Å². The summed E-state index contributed by atoms with van der Waals surface area (Å²) < 4.78 is 0. The van der Waals surface area contributed by atoms with Crippen molar-refractivity contribution in [2.24, 2.45) is 0 Å². The van der Waals surface area contributed by atoms with Crippen molar-refractivity contribution in [1.29, 1.82) is 10.5 Å². The highest BCUT2D eigenvalue weighted by Crippen LogP contribution is 2.04. The van der Waals surface area contributed by atoms with Crippen LogP contribution in [0.1, 0.15) is 38.5 Å². The molecule has 0 radical (unpaired) electrons. The van der Waals surface area contributed by atoms with E-state index < -0.39 is 0 Å². The second-order valence-electron chi connectivity index (χ2n) is 3.39. The first kappa shape index (κ1) is 14.1. The molecule has 16 heavy (non-hydrogen) atoms. The van der Waals surface area contributed by atoms with Gasteiger partial charge in [0.25, 0.3) is 0 Å². The standard InChI is InChI=1S/C13H16N2O/c14-11-7-3-1-5-9-13(16)10-6-2-4-8-12-15/h3-4,7-8H,1-2,5-6,9-10H2/b7-3-,8-4-. The first-order chi connectivity index (χ1) is 7.81. The zero-order chi connectivity index (χ0) is 12.1. The molecule has 0 spiro atoms. The van der Waals surface area contributed by atoms with Gasteiger partial charge < -0.3 is 0 Å². The summed E-state index contributed by atoms with van der Waals surface area (Å²) >= 11 is 0. The molecule has 84 valence electrons. The van der Waals surface area contributed by atoms with Crippen LogP contribution in [0.4, 0.5) is 0 Å². The summed E-state index contributed by atoms with van der Waals surface area (Å²) in [5.41, 5.74) is 0. The van der Waals surface area contributed by atoms with E-state index >= 15 is 0 Å². The summed E-state index contributed by atoms with van der Waals surface area (Å²) in [5.74, 6) is 0.260. The minimum atomic E-state index is 0.260. The van der Waals surface area contributed by atoms with Crippen molar-refractivity contribution in [1.82, 2.24) is 0 Å². The van der Waals surface area contributed by atoms with Gasteiger partial charge in [-0.15, -0.1) is 0 Å². The molecular weight excluding hydrogens is 200 g/mol. The van der Waals surface area contributed by atoms with Crippen molar-refractivity contribution in [3.63, 3.8) is 0 Å². The largest absolute Gasteiger partial charge is 0.300 e. The predicted molar refractivity (Wildman–Crippen MR) is 62.2 cm³/mol. The third-order valence-corrected chi connectivity index (χ3v) is 2.04. The molecule has 0 aliphatic heterocycles. The zero-order valence-corrected chi connectivity index (χ0v) is 9.35. The molecule has 0 N–H and O–H groups in total. The van der Waals surface area contributed by atoms with Crippen LogP contribution < -0.4 is 0 Å². The summed E-state index contributed by atoms with van der Waals surface area (Å²) in [7, 11) is 0. The Morgan fingerprint density at radius 3 is 1.75 bits per heavy atom. The number of carbonyl (C=O) groups is 1. The lowest BCUT2D eigenvalue weighted by Gasteiger charge is -1.97. The molecule has 0 unspecified atom stereocenters. The Kier molecular flexibility index (Phi) is 9.90. The Balaban J connectivity index is 3.39. The van der Waals surface area contributed by atoms with Gasteiger partial charge in [0.1, 0.15) is 5.78 Å². The van der Waals surface area contributed by atoms with E-state index in [2.05, 4.69) is 0 Å². The highest BCUT2D eigenvalue weighted by molar-refractivity contribution is 5.78. The molecule has 0 saturated heterocycles. The summed E-state index contributed by atoms with van der Waals surface area (Å²) in [6, 6.07) is 3.82. The van der Waals surface area contributed by atoms with Crippen molar-refractivity contribution >= 4 is 5.78 Å². The molecule has 0 aromatic rings. The van der Waals surface area contributed by atoms with Crippen LogP contribution in [0.5, 0.6) is 0 Å². The zero-order valence-electron chi connectivity index (χ0n) is 9.35. The van der Waals surface area contributed by atoms with Gasteiger partial charge in [-0.25, -0.2) is 0 Å². The molecule has 0 amide bonds. The number of Topliss-reactive ketones (excluding diaryl/α,β-unsaturated/α-hetero) is 1. The van der Waals surface area contributed by atoms with E-state index in [1.54, 1.807) is 12.2 Å². The summed E-state index contributed by atoms with van der Waals surface area (Å²) in [6.07, 6.45) is 10.8. The minimum Gasteiger partial charge on any atom is -0.300 e. The van der Waals surface area contributed by atoms with Gasteiger partial charge in [-0.2, -0.15) is 10.5 Å². The van der Waals surface area contributed by atoms with Crippen molar-refractivity contribution in [2.45, 2.75) is 38.5 Å². The maximum absolute atomic E-state index is 11.3. The average molecular weight is 216 g/mol. The molecule has 0 heterocycles. The summed E-state index contributed by atoms with van der Waals surface area (Å²) in [6.45, 7) is 0. The van der Waals surface area contributed by atoms with Crippen LogP contribution in [0.3, 0.4) is 0 Å². The normalized spacial score (nSPS) is 10.4. The first-order valence-corrected chi connectivity index (χ1v) is 5.42. The molecular formula is C13H16N2O. The lowest BCUT2D eigenvalue weighted by atomic mass is 10.1. The monoisotopic (exact) mass is 216 g/mol. The highest BCUT2D eigenvalue weighted by Gasteiger charge is 1.99. The van der Waals surface area contributed by atoms with Crippen LogP contribution in [0.15, 0.2) is 24.3 Å². The van der Waals surface area contributed by atoms with Crippen LogP contribution in [0.2, 0.25) is 0 Å². The van der Waals surface area contributed by atoms with E-state index in [0.717, 1.165) is 25.7 Å². The van der Waals surface area contributed by atoms with Gasteiger partial charge in [0.2, 0.25) is 0 Å². The van der Waals surface area contributed by atoms with Crippen LogP contribution in [0.25, 0.3) is 0 Å². The smallest absolute Gasteiger partial charge is 0.132 e. The topological polar surface area (TPSA) is 64.7 Å². The Hall–Kier alpha value is -1.87. The molecule has 0 bridgehead atoms. The number of allylic oxidation sites excluding steroid dienone is 4. The molecule has 0 atom stereocenters. The van der Waals surface area contributed by atoms with E-state index in [9.17, 15) is 4.79 Å². The number of rotatable bonds is 8. The molecule has 0 saturated carbocycles. The van der Waals surface area contributed by atoms with Gasteiger partial charge in [-0.3, -0.25) is 4.79 Å². The SMILES string of the molecule is N#C/C=C\CCCC(=O)CCC/C=C\C#N. The average Bonchev–Trinajstić information content (AvgIpc) is 2.28. The number of hydrogen-bond donors (Lipinski definition) is 0. The van der Waals surface area contributed by atoms with Gasteiger partial charge in [0.05, 0.1) is 12.1 Å². The maximum atomic E-state index is 11.3. The Morgan fingerprint density at radius 1 is 0.938 bits per heavy atom. The number of carbonyl (C=O) groups excluding carboxylic acids is 1. The van der Waals surface area contributed by atoms with E-state index in [4.69, 9.17) is 10.5 Å². The lowest BCUT2D eigenvalue weighted by molar-refractivity contribution is -0.119. The van der Waals surface area contributed by atoms with Crippen LogP contribution in [0, 0.1) is 22.7 Å². The minimum absolute atomic E-state index is 0.260. The van der Waals surface area contributed by atoms with Gasteiger partial charge in [-0.05, 0) is 25.7 Å². The fraction of sp³-hybridized carbons (Fsp3) is 0.462. The first-order valence-electron chi connectivity index (χ1n) is 5.42. The van der Waals surface area contributed by atoms with Crippen molar-refractivity contribution < 1.29 is 4.79 Å². The summed E-state index contributed by atoms with van der Waals surface area (Å²) in [5, 5.41) is 16.5. The number of ketones is 1. The maximum Gasteiger partial charge on any atom is 0.132 e. The van der Waals surface area contributed by atoms with E-state index in [-0.39, 0.29) is 5.78 Å². The van der Waals surface area contributed by atoms with Crippen molar-refractivity contribution in [3.8, 4) is 12.1 Å². The number of hydrogen-bond acceptors (Lipinski definition) is 3. The van der Waals surface area contributed by atoms with E-state index in [1.807, 2.05) is 12.1 Å². The highest BCUT2D eigenvalue weighted by atomic mass is 16.1. The Bertz CT molecular complexity index is 297. The second kappa shape index (κ2) is 11.2. The third-order valence-electron chi connectivity index (χ3n) is 2.04. The number of nitriles is 2. The Morgan fingerprint density at radius 2 is 1.38 bits per heavy atom. The number of nitrogens with zero attached hydrogens (tertiary/aromatic N) is 2. The van der Waals surface area contributed by atoms with E-state index in [0.29, 0.717) is 12.8 Å². The molecule has 0 rings (SSSR count). The van der Waals surface area contributed by atoms with Crippen LogP contribution in [-0.2, 0) is 4.79 Å². The Labute approximate surface area is 96.7 Å². The molecule has 0 aromatic carbocycles. The molecule has 0 aromatic heterocycles. The van der Waals surface area contributed by atoms with Crippen molar-refractivity contribution in [3.05, 3.63) is 24.3 Å². The van der Waals surface area contributed by atoms with Crippen molar-refractivity contribution in [2.75, 3.05) is 0 Å². The molecule has 3 nitrogen and oxygen atoms in total. The molecule has 0 fully saturated rings. The fourth-order valence-electron chi connectivity index (χ4n) is 1.23. The van der Waals surface area contributed by atoms with Gasteiger partial charge in [0, 0.05) is 25.0 Å². The van der Waals surface area contributed by atoms with E-state index in [1.165, 1.54) is 12.2 Å². The molecule has 0 aliphatic rings. The molecule has 3 heteroatoms. The van der Waals surface area contributed by atoms with Crippen LogP contribution in [-0.4, -0.2) is 5.78 Å².